The van der Waals surface area contributed by atoms with Crippen molar-refractivity contribution in [3.63, 3.8) is 0 Å². The third kappa shape index (κ3) is 1.92. The molecule has 21 heavy (non-hydrogen) atoms. The molecule has 0 N–H and O–H groups in total. The molecule has 4 unspecified atom stereocenters. The van der Waals surface area contributed by atoms with E-state index in [1.165, 1.54) is 50.5 Å². The van der Waals surface area contributed by atoms with Crippen LogP contribution in [-0.2, 0) is 4.79 Å². The number of fused-ring (bicyclic) bond motifs is 4. The molecular weight excluding hydrogens is 256 g/mol. The van der Waals surface area contributed by atoms with Gasteiger partial charge in [0.05, 0.1) is 0 Å². The zero-order valence-electron chi connectivity index (χ0n) is 13.6. The van der Waals surface area contributed by atoms with Crippen LogP contribution in [0.5, 0.6) is 0 Å². The summed E-state index contributed by atoms with van der Waals surface area (Å²) in [4.78, 5) is 11.7. The average molecular weight is 284 g/mol. The van der Waals surface area contributed by atoms with Crippen molar-refractivity contribution in [2.75, 3.05) is 0 Å². The number of ketones is 1. The van der Waals surface area contributed by atoms with Crippen molar-refractivity contribution in [3.8, 4) is 0 Å². The normalized spacial score (nSPS) is 42.3. The first-order valence-corrected chi connectivity index (χ1v) is 9.09. The van der Waals surface area contributed by atoms with Gasteiger partial charge in [-0.1, -0.05) is 25.8 Å². The number of hydrogen-bond donors (Lipinski definition) is 0. The van der Waals surface area contributed by atoms with Gasteiger partial charge in [-0.25, -0.2) is 0 Å². The van der Waals surface area contributed by atoms with E-state index in [1.54, 1.807) is 11.1 Å². The first-order chi connectivity index (χ1) is 10.1. The third-order valence-electron chi connectivity index (χ3n) is 7.42. The van der Waals surface area contributed by atoms with Crippen molar-refractivity contribution in [1.29, 1.82) is 0 Å². The number of carbonyl (C=O) groups excluding carboxylic acids is 1. The van der Waals surface area contributed by atoms with E-state index in [0.29, 0.717) is 11.2 Å². The van der Waals surface area contributed by atoms with Crippen molar-refractivity contribution < 1.29 is 4.79 Å². The summed E-state index contributed by atoms with van der Waals surface area (Å²) in [6.07, 6.45) is 13.2. The lowest BCUT2D eigenvalue weighted by molar-refractivity contribution is -0.114. The smallest absolute Gasteiger partial charge is 0.156 e. The molecule has 1 nitrogen and oxygen atoms in total. The van der Waals surface area contributed by atoms with Gasteiger partial charge < -0.3 is 0 Å². The van der Waals surface area contributed by atoms with Crippen LogP contribution in [0.4, 0.5) is 0 Å². The molecule has 4 aliphatic carbocycles. The highest BCUT2D eigenvalue weighted by Crippen LogP contribution is 2.62. The first-order valence-electron chi connectivity index (χ1n) is 9.09. The Morgan fingerprint density at radius 1 is 1.14 bits per heavy atom. The molecule has 0 aliphatic heterocycles. The molecule has 0 bridgehead atoms. The van der Waals surface area contributed by atoms with Gasteiger partial charge >= 0.3 is 0 Å². The monoisotopic (exact) mass is 284 g/mol. The van der Waals surface area contributed by atoms with Crippen LogP contribution >= 0.6 is 0 Å². The van der Waals surface area contributed by atoms with Crippen LogP contribution in [0, 0.1) is 23.2 Å². The predicted molar refractivity (Wildman–Crippen MR) is 85.9 cm³/mol. The molecule has 0 aromatic heterocycles. The fourth-order valence-electron chi connectivity index (χ4n) is 6.31. The fourth-order valence-corrected chi connectivity index (χ4v) is 6.31. The molecule has 1 heteroatoms. The SMILES string of the molecule is CCC1CCC2C3CCC4=CC(=O)CCC4=C3CCC12C. The third-order valence-corrected chi connectivity index (χ3v) is 7.42. The minimum atomic E-state index is 0.361. The number of carbonyl (C=O) groups is 1. The largest absolute Gasteiger partial charge is 0.295 e. The molecule has 0 saturated heterocycles. The standard InChI is InChI=1S/C20H28O/c1-3-14-5-9-19-18-7-4-13-12-15(21)6-8-16(13)17(18)10-11-20(14,19)2/h12,14,18-19H,3-11H2,1-2H3. The van der Waals surface area contributed by atoms with Crippen LogP contribution in [0.1, 0.15) is 71.6 Å². The predicted octanol–water partition coefficient (Wildman–Crippen LogP) is 5.22. The van der Waals surface area contributed by atoms with Crippen LogP contribution in [0.15, 0.2) is 22.8 Å². The molecule has 0 aromatic rings. The molecule has 4 aliphatic rings. The Hall–Kier alpha value is -0.850. The highest BCUT2D eigenvalue weighted by Gasteiger charge is 2.52. The van der Waals surface area contributed by atoms with Crippen molar-refractivity contribution in [2.24, 2.45) is 23.2 Å². The van der Waals surface area contributed by atoms with Gasteiger partial charge in [0.1, 0.15) is 0 Å². The fraction of sp³-hybridized carbons (Fsp3) is 0.750. The Morgan fingerprint density at radius 2 is 2.00 bits per heavy atom. The van der Waals surface area contributed by atoms with Crippen LogP contribution in [0.3, 0.4) is 0 Å². The maximum Gasteiger partial charge on any atom is 0.156 e. The molecule has 0 heterocycles. The lowest BCUT2D eigenvalue weighted by Crippen LogP contribution is -2.40. The van der Waals surface area contributed by atoms with Gasteiger partial charge in [-0.3, -0.25) is 4.79 Å². The number of rotatable bonds is 1. The molecule has 4 rings (SSSR count). The van der Waals surface area contributed by atoms with Crippen LogP contribution in [-0.4, -0.2) is 5.78 Å². The van der Waals surface area contributed by atoms with E-state index in [2.05, 4.69) is 13.8 Å². The lowest BCUT2D eigenvalue weighted by atomic mass is 9.56. The van der Waals surface area contributed by atoms with Crippen molar-refractivity contribution >= 4 is 5.78 Å². The summed E-state index contributed by atoms with van der Waals surface area (Å²) in [7, 11) is 0. The molecule has 0 spiro atoms. The highest BCUT2D eigenvalue weighted by atomic mass is 16.1. The zero-order valence-corrected chi connectivity index (χ0v) is 13.6. The molecule has 4 atom stereocenters. The van der Waals surface area contributed by atoms with E-state index in [9.17, 15) is 4.79 Å². The van der Waals surface area contributed by atoms with Crippen LogP contribution in [0.25, 0.3) is 0 Å². The van der Waals surface area contributed by atoms with Gasteiger partial charge in [0.25, 0.3) is 0 Å². The summed E-state index contributed by atoms with van der Waals surface area (Å²) in [5.41, 5.74) is 5.41. The minimum absolute atomic E-state index is 0.361. The highest BCUT2D eigenvalue weighted by molar-refractivity contribution is 5.93. The Kier molecular flexibility index (Phi) is 3.17. The minimum Gasteiger partial charge on any atom is -0.295 e. The topological polar surface area (TPSA) is 17.1 Å². The number of hydrogen-bond acceptors (Lipinski definition) is 1. The van der Waals surface area contributed by atoms with Gasteiger partial charge in [-0.15, -0.1) is 0 Å². The Labute approximate surface area is 128 Å². The van der Waals surface area contributed by atoms with E-state index < -0.39 is 0 Å². The van der Waals surface area contributed by atoms with Crippen LogP contribution < -0.4 is 0 Å². The van der Waals surface area contributed by atoms with E-state index in [4.69, 9.17) is 0 Å². The molecule has 0 radical (unpaired) electrons. The Bertz CT molecular complexity index is 538. The maximum absolute atomic E-state index is 11.7. The van der Waals surface area contributed by atoms with E-state index >= 15 is 0 Å². The summed E-state index contributed by atoms with van der Waals surface area (Å²) in [5.74, 6) is 3.10. The molecular formula is C20H28O. The molecule has 2 saturated carbocycles. The van der Waals surface area contributed by atoms with Crippen molar-refractivity contribution in [3.05, 3.63) is 22.8 Å². The van der Waals surface area contributed by atoms with Gasteiger partial charge in [-0.2, -0.15) is 0 Å². The summed E-state index contributed by atoms with van der Waals surface area (Å²) < 4.78 is 0. The second kappa shape index (κ2) is 4.83. The molecule has 0 aromatic carbocycles. The quantitative estimate of drug-likeness (QED) is 0.645. The second-order valence-corrected chi connectivity index (χ2v) is 8.08. The average Bonchev–Trinajstić information content (AvgIpc) is 2.83. The van der Waals surface area contributed by atoms with Crippen molar-refractivity contribution in [2.45, 2.75) is 71.6 Å². The van der Waals surface area contributed by atoms with Gasteiger partial charge in [-0.05, 0) is 85.3 Å². The Balaban J connectivity index is 1.71. The van der Waals surface area contributed by atoms with Crippen LogP contribution in [0.2, 0.25) is 0 Å². The second-order valence-electron chi connectivity index (χ2n) is 8.08. The maximum atomic E-state index is 11.7. The lowest BCUT2D eigenvalue weighted by Gasteiger charge is -2.49. The number of allylic oxidation sites excluding steroid dienone is 4. The summed E-state index contributed by atoms with van der Waals surface area (Å²) in [5, 5.41) is 0. The summed E-state index contributed by atoms with van der Waals surface area (Å²) in [6.45, 7) is 4.98. The molecule has 114 valence electrons. The summed E-state index contributed by atoms with van der Waals surface area (Å²) in [6, 6.07) is 0. The molecule has 2 fully saturated rings. The van der Waals surface area contributed by atoms with E-state index in [1.807, 2.05) is 6.08 Å². The van der Waals surface area contributed by atoms with E-state index in [0.717, 1.165) is 30.6 Å². The zero-order chi connectivity index (χ0) is 14.6. The molecule has 0 amide bonds. The van der Waals surface area contributed by atoms with E-state index in [-0.39, 0.29) is 0 Å². The Morgan fingerprint density at radius 3 is 2.81 bits per heavy atom. The van der Waals surface area contributed by atoms with Crippen molar-refractivity contribution in [1.82, 2.24) is 0 Å². The van der Waals surface area contributed by atoms with Gasteiger partial charge in [0.2, 0.25) is 0 Å². The first kappa shape index (κ1) is 13.8. The summed E-state index contributed by atoms with van der Waals surface area (Å²) >= 11 is 0. The van der Waals surface area contributed by atoms with Gasteiger partial charge in [0, 0.05) is 6.42 Å². The van der Waals surface area contributed by atoms with Gasteiger partial charge in [0.15, 0.2) is 5.78 Å².